The minimum Gasteiger partial charge on any atom is -0.310 e. The Morgan fingerprint density at radius 2 is 2.00 bits per heavy atom. The second-order valence-electron chi connectivity index (χ2n) is 6.35. The van der Waals surface area contributed by atoms with Gasteiger partial charge in [0, 0.05) is 17.7 Å². The number of hydrogen-bond acceptors (Lipinski definition) is 6. The number of nitrogens with one attached hydrogen (secondary N) is 2. The molecule has 0 aliphatic rings. The molecule has 0 bridgehead atoms. The minimum absolute atomic E-state index is 0.173. The topological polar surface area (TPSA) is 106 Å². The lowest BCUT2D eigenvalue weighted by molar-refractivity contribution is -0.116. The van der Waals surface area contributed by atoms with Crippen molar-refractivity contribution < 1.29 is 4.79 Å². The summed E-state index contributed by atoms with van der Waals surface area (Å²) in [4.78, 5) is 37.2. The van der Waals surface area contributed by atoms with Crippen molar-refractivity contribution in [3.63, 3.8) is 0 Å². The maximum absolute atomic E-state index is 12.4. The van der Waals surface area contributed by atoms with Crippen LogP contribution in [-0.2, 0) is 11.2 Å². The molecule has 1 amide bonds. The van der Waals surface area contributed by atoms with Gasteiger partial charge in [-0.15, -0.1) is 11.3 Å². The summed E-state index contributed by atoms with van der Waals surface area (Å²) in [6, 6.07) is 9.47. The second kappa shape index (κ2) is 7.35. The number of para-hydroxylation sites is 1. The zero-order valence-electron chi connectivity index (χ0n) is 15.4. The maximum atomic E-state index is 12.4. The molecule has 8 nitrogen and oxygen atoms in total. The van der Waals surface area contributed by atoms with Gasteiger partial charge in [-0.1, -0.05) is 18.2 Å². The Bertz CT molecular complexity index is 1190. The van der Waals surface area contributed by atoms with Crippen LogP contribution in [0.4, 0.5) is 5.13 Å². The summed E-state index contributed by atoms with van der Waals surface area (Å²) in [6.07, 6.45) is 1.99. The molecule has 28 heavy (non-hydrogen) atoms. The first-order valence-electron chi connectivity index (χ1n) is 8.77. The summed E-state index contributed by atoms with van der Waals surface area (Å²) in [6.45, 7) is 3.86. The number of rotatable bonds is 5. The predicted octanol–water partition coefficient (Wildman–Crippen LogP) is 2.75. The number of aryl methyl sites for hydroxylation is 3. The SMILES string of the molecule is Cc1nc(NC(=O)CCc2nc3c(cnn3-c3ccccc3)c(=O)[nH]2)sc1C. The van der Waals surface area contributed by atoms with Gasteiger partial charge in [-0.05, 0) is 26.0 Å². The van der Waals surface area contributed by atoms with Gasteiger partial charge in [-0.25, -0.2) is 14.6 Å². The highest BCUT2D eigenvalue weighted by atomic mass is 32.1. The number of fused-ring (bicyclic) bond motifs is 1. The molecule has 3 aromatic heterocycles. The van der Waals surface area contributed by atoms with Crippen LogP contribution in [0.1, 0.15) is 22.8 Å². The third kappa shape index (κ3) is 3.56. The van der Waals surface area contributed by atoms with Gasteiger partial charge in [0.15, 0.2) is 10.8 Å². The fraction of sp³-hybridized carbons (Fsp3) is 0.211. The number of carbonyl (C=O) groups excluding carboxylic acids is 1. The highest BCUT2D eigenvalue weighted by Crippen LogP contribution is 2.21. The minimum atomic E-state index is -0.270. The van der Waals surface area contributed by atoms with Crippen molar-refractivity contribution in [1.82, 2.24) is 24.7 Å². The number of aromatic amines is 1. The van der Waals surface area contributed by atoms with E-state index in [1.807, 2.05) is 44.2 Å². The molecule has 1 aromatic carbocycles. The number of hydrogen-bond donors (Lipinski definition) is 2. The van der Waals surface area contributed by atoms with E-state index in [4.69, 9.17) is 0 Å². The third-order valence-electron chi connectivity index (χ3n) is 4.35. The van der Waals surface area contributed by atoms with Crippen LogP contribution in [0.5, 0.6) is 0 Å². The monoisotopic (exact) mass is 394 g/mol. The van der Waals surface area contributed by atoms with Crippen LogP contribution < -0.4 is 10.9 Å². The van der Waals surface area contributed by atoms with Crippen LogP contribution in [0.2, 0.25) is 0 Å². The van der Waals surface area contributed by atoms with Crippen LogP contribution in [-0.4, -0.2) is 30.6 Å². The molecule has 0 radical (unpaired) electrons. The first-order valence-corrected chi connectivity index (χ1v) is 9.59. The number of amides is 1. The Kier molecular flexibility index (Phi) is 4.74. The molecule has 142 valence electrons. The van der Waals surface area contributed by atoms with Gasteiger partial charge in [0.1, 0.15) is 11.2 Å². The van der Waals surface area contributed by atoms with Crippen LogP contribution in [0.3, 0.4) is 0 Å². The molecule has 4 aromatic rings. The van der Waals surface area contributed by atoms with Gasteiger partial charge >= 0.3 is 0 Å². The molecular formula is C19H18N6O2S. The Morgan fingerprint density at radius 3 is 2.71 bits per heavy atom. The molecule has 0 aliphatic heterocycles. The third-order valence-corrected chi connectivity index (χ3v) is 5.34. The van der Waals surface area contributed by atoms with Gasteiger partial charge in [-0.2, -0.15) is 5.10 Å². The molecule has 0 saturated heterocycles. The molecule has 0 spiro atoms. The molecule has 0 atom stereocenters. The van der Waals surface area contributed by atoms with E-state index in [9.17, 15) is 9.59 Å². The smallest absolute Gasteiger partial charge is 0.262 e. The fourth-order valence-electron chi connectivity index (χ4n) is 2.78. The van der Waals surface area contributed by atoms with E-state index in [0.717, 1.165) is 16.3 Å². The van der Waals surface area contributed by atoms with E-state index in [0.29, 0.717) is 28.4 Å². The second-order valence-corrected chi connectivity index (χ2v) is 7.55. The van der Waals surface area contributed by atoms with Crippen LogP contribution in [0.15, 0.2) is 41.3 Å². The first kappa shape index (κ1) is 18.1. The molecule has 4 rings (SSSR count). The lowest BCUT2D eigenvalue weighted by Crippen LogP contribution is -2.16. The molecule has 9 heteroatoms. The number of H-pyrrole nitrogens is 1. The summed E-state index contributed by atoms with van der Waals surface area (Å²) in [7, 11) is 0. The Labute approximate surface area is 164 Å². The van der Waals surface area contributed by atoms with E-state index in [-0.39, 0.29) is 17.9 Å². The van der Waals surface area contributed by atoms with E-state index < -0.39 is 0 Å². The summed E-state index contributed by atoms with van der Waals surface area (Å²) >= 11 is 1.44. The largest absolute Gasteiger partial charge is 0.310 e. The fourth-order valence-corrected chi connectivity index (χ4v) is 3.61. The Morgan fingerprint density at radius 1 is 1.21 bits per heavy atom. The Balaban J connectivity index is 1.54. The predicted molar refractivity (Wildman–Crippen MR) is 108 cm³/mol. The number of benzene rings is 1. The van der Waals surface area contributed by atoms with Crippen molar-refractivity contribution >= 4 is 33.4 Å². The zero-order chi connectivity index (χ0) is 19.7. The van der Waals surface area contributed by atoms with Gasteiger partial charge in [0.05, 0.1) is 17.6 Å². The first-order chi connectivity index (χ1) is 13.5. The number of anilines is 1. The van der Waals surface area contributed by atoms with Crippen molar-refractivity contribution in [2.75, 3.05) is 5.32 Å². The molecular weight excluding hydrogens is 376 g/mol. The highest BCUT2D eigenvalue weighted by molar-refractivity contribution is 7.15. The average molecular weight is 394 g/mol. The van der Waals surface area contributed by atoms with E-state index in [1.165, 1.54) is 17.5 Å². The number of carbonyl (C=O) groups is 1. The molecule has 2 N–H and O–H groups in total. The lowest BCUT2D eigenvalue weighted by Gasteiger charge is -2.05. The molecule has 3 heterocycles. The molecule has 0 fully saturated rings. The van der Waals surface area contributed by atoms with Crippen LogP contribution in [0.25, 0.3) is 16.7 Å². The van der Waals surface area contributed by atoms with Crippen LogP contribution >= 0.6 is 11.3 Å². The van der Waals surface area contributed by atoms with Crippen molar-refractivity contribution in [1.29, 1.82) is 0 Å². The van der Waals surface area contributed by atoms with Crippen molar-refractivity contribution in [2.45, 2.75) is 26.7 Å². The summed E-state index contributed by atoms with van der Waals surface area (Å²) in [5, 5.41) is 8.06. The summed E-state index contributed by atoms with van der Waals surface area (Å²) < 4.78 is 1.62. The number of aromatic nitrogens is 5. The maximum Gasteiger partial charge on any atom is 0.262 e. The number of thiazole rings is 1. The highest BCUT2D eigenvalue weighted by Gasteiger charge is 2.13. The molecule has 0 saturated carbocycles. The van der Waals surface area contributed by atoms with E-state index in [2.05, 4.69) is 25.4 Å². The standard InChI is InChI=1S/C19H18N6O2S/c1-11-12(2)28-19(21-11)24-16(26)9-8-15-22-17-14(18(27)23-15)10-20-25(17)13-6-4-3-5-7-13/h3-7,10H,8-9H2,1-2H3,(H,21,24,26)(H,22,23,27). The quantitative estimate of drug-likeness (QED) is 0.541. The zero-order valence-corrected chi connectivity index (χ0v) is 16.2. The van der Waals surface area contributed by atoms with Crippen molar-refractivity contribution in [2.24, 2.45) is 0 Å². The van der Waals surface area contributed by atoms with Gasteiger partial charge < -0.3 is 10.3 Å². The lowest BCUT2D eigenvalue weighted by atomic mass is 10.2. The van der Waals surface area contributed by atoms with Gasteiger partial charge in [0.2, 0.25) is 5.91 Å². The summed E-state index contributed by atoms with van der Waals surface area (Å²) in [5.41, 5.74) is 1.92. The molecule has 0 aliphatic carbocycles. The average Bonchev–Trinajstić information content (AvgIpc) is 3.24. The van der Waals surface area contributed by atoms with E-state index >= 15 is 0 Å². The summed E-state index contributed by atoms with van der Waals surface area (Å²) in [5.74, 6) is 0.268. The Hall–Kier alpha value is -3.33. The van der Waals surface area contributed by atoms with Gasteiger partial charge in [-0.3, -0.25) is 9.59 Å². The van der Waals surface area contributed by atoms with Gasteiger partial charge in [0.25, 0.3) is 5.56 Å². The van der Waals surface area contributed by atoms with Crippen molar-refractivity contribution in [3.05, 3.63) is 63.3 Å². The normalized spacial score (nSPS) is 11.1. The number of nitrogens with zero attached hydrogens (tertiary/aromatic N) is 4. The van der Waals surface area contributed by atoms with Crippen LogP contribution in [0, 0.1) is 13.8 Å². The van der Waals surface area contributed by atoms with Crippen molar-refractivity contribution in [3.8, 4) is 5.69 Å². The molecule has 0 unspecified atom stereocenters. The van der Waals surface area contributed by atoms with E-state index in [1.54, 1.807) is 4.68 Å².